The predicted octanol–water partition coefficient (Wildman–Crippen LogP) is 2.24. The number of hydrogen-bond acceptors (Lipinski definition) is 5. The Morgan fingerprint density at radius 1 is 1.33 bits per heavy atom. The summed E-state index contributed by atoms with van der Waals surface area (Å²) in [5.41, 5.74) is 0.651. The Labute approximate surface area is 125 Å². The standard InChI is InChI=1S/C15H22N2O4/c1-11(2)9-13(14(18)20-4)17(3)15(19)21-10-12-7-5-6-8-16-12/h5-8,11,13H,9-10H2,1-4H3/t13-/m0/s1. The van der Waals surface area contributed by atoms with Crippen LogP contribution in [0.15, 0.2) is 24.4 Å². The Morgan fingerprint density at radius 2 is 2.05 bits per heavy atom. The number of nitrogens with zero attached hydrogens (tertiary/aromatic N) is 2. The molecule has 0 aliphatic heterocycles. The summed E-state index contributed by atoms with van der Waals surface area (Å²) in [6.45, 7) is 4.02. The van der Waals surface area contributed by atoms with E-state index in [9.17, 15) is 9.59 Å². The third-order valence-electron chi connectivity index (χ3n) is 2.99. The minimum atomic E-state index is -0.647. The number of carbonyl (C=O) groups excluding carboxylic acids is 2. The number of pyridine rings is 1. The van der Waals surface area contributed by atoms with Crippen LogP contribution in [-0.4, -0.2) is 42.1 Å². The molecule has 1 aromatic rings. The summed E-state index contributed by atoms with van der Waals surface area (Å²) in [5.74, 6) is -0.193. The van der Waals surface area contributed by atoms with Crippen molar-refractivity contribution in [2.45, 2.75) is 32.9 Å². The lowest BCUT2D eigenvalue weighted by atomic mass is 10.0. The smallest absolute Gasteiger partial charge is 0.410 e. The summed E-state index contributed by atoms with van der Waals surface area (Å²) in [6.07, 6.45) is 1.57. The van der Waals surface area contributed by atoms with Crippen LogP contribution in [0, 0.1) is 5.92 Å². The van der Waals surface area contributed by atoms with Gasteiger partial charge in [0.05, 0.1) is 12.8 Å². The monoisotopic (exact) mass is 294 g/mol. The third kappa shape index (κ3) is 5.41. The minimum Gasteiger partial charge on any atom is -0.467 e. The largest absolute Gasteiger partial charge is 0.467 e. The second-order valence-electron chi connectivity index (χ2n) is 5.16. The van der Waals surface area contributed by atoms with Crippen LogP contribution in [-0.2, 0) is 20.9 Å². The maximum Gasteiger partial charge on any atom is 0.410 e. The molecular formula is C15H22N2O4. The van der Waals surface area contributed by atoms with E-state index >= 15 is 0 Å². The number of aromatic nitrogens is 1. The number of methoxy groups -OCH3 is 1. The van der Waals surface area contributed by atoms with Gasteiger partial charge in [-0.05, 0) is 24.5 Å². The highest BCUT2D eigenvalue weighted by molar-refractivity contribution is 5.81. The first-order valence-electron chi connectivity index (χ1n) is 6.83. The Bertz CT molecular complexity index is 462. The lowest BCUT2D eigenvalue weighted by Crippen LogP contribution is -2.44. The van der Waals surface area contributed by atoms with Gasteiger partial charge >= 0.3 is 12.1 Å². The van der Waals surface area contributed by atoms with Crippen LogP contribution in [0.1, 0.15) is 26.0 Å². The molecule has 21 heavy (non-hydrogen) atoms. The highest BCUT2D eigenvalue weighted by atomic mass is 16.6. The highest BCUT2D eigenvalue weighted by Gasteiger charge is 2.29. The van der Waals surface area contributed by atoms with E-state index in [0.717, 1.165) is 0 Å². The second-order valence-corrected chi connectivity index (χ2v) is 5.16. The molecule has 1 heterocycles. The Hall–Kier alpha value is -2.11. The first-order chi connectivity index (χ1) is 9.95. The normalized spacial score (nSPS) is 11.9. The van der Waals surface area contributed by atoms with Gasteiger partial charge < -0.3 is 9.47 Å². The van der Waals surface area contributed by atoms with Crippen molar-refractivity contribution >= 4 is 12.1 Å². The SMILES string of the molecule is COC(=O)[C@H](CC(C)C)N(C)C(=O)OCc1ccccn1. The minimum absolute atomic E-state index is 0.0690. The van der Waals surface area contributed by atoms with Gasteiger partial charge in [-0.2, -0.15) is 0 Å². The molecule has 0 aliphatic rings. The quantitative estimate of drug-likeness (QED) is 0.753. The van der Waals surface area contributed by atoms with Crippen LogP contribution in [0.2, 0.25) is 0 Å². The number of carbonyl (C=O) groups is 2. The van der Waals surface area contributed by atoms with E-state index in [1.54, 1.807) is 18.3 Å². The molecule has 0 aliphatic carbocycles. The van der Waals surface area contributed by atoms with Gasteiger partial charge in [0, 0.05) is 13.2 Å². The molecule has 0 spiro atoms. The summed E-state index contributed by atoms with van der Waals surface area (Å²) in [7, 11) is 2.84. The number of likely N-dealkylation sites (N-methyl/N-ethyl adjacent to an activating group) is 1. The zero-order valence-electron chi connectivity index (χ0n) is 12.9. The van der Waals surface area contributed by atoms with Crippen molar-refractivity contribution in [1.82, 2.24) is 9.88 Å². The Kier molecular flexibility index (Phi) is 6.65. The fraction of sp³-hybridized carbons (Fsp3) is 0.533. The molecule has 0 unspecified atom stereocenters. The summed E-state index contributed by atoms with van der Waals surface area (Å²) >= 11 is 0. The number of ether oxygens (including phenoxy) is 2. The topological polar surface area (TPSA) is 68.7 Å². The van der Waals surface area contributed by atoms with Crippen LogP contribution in [0.4, 0.5) is 4.79 Å². The average Bonchev–Trinajstić information content (AvgIpc) is 2.49. The second kappa shape index (κ2) is 8.24. The van der Waals surface area contributed by atoms with E-state index < -0.39 is 18.1 Å². The van der Waals surface area contributed by atoms with Gasteiger partial charge in [-0.25, -0.2) is 9.59 Å². The zero-order valence-corrected chi connectivity index (χ0v) is 12.9. The van der Waals surface area contributed by atoms with E-state index in [-0.39, 0.29) is 12.5 Å². The molecule has 0 saturated carbocycles. The van der Waals surface area contributed by atoms with E-state index in [2.05, 4.69) is 4.98 Å². The molecule has 6 heteroatoms. The molecule has 0 radical (unpaired) electrons. The van der Waals surface area contributed by atoms with Gasteiger partial charge in [-0.3, -0.25) is 9.88 Å². The molecule has 0 aromatic carbocycles. The fourth-order valence-corrected chi connectivity index (χ4v) is 1.84. The molecule has 6 nitrogen and oxygen atoms in total. The number of rotatable bonds is 6. The van der Waals surface area contributed by atoms with Gasteiger partial charge in [0.2, 0.25) is 0 Å². The molecule has 0 bridgehead atoms. The van der Waals surface area contributed by atoms with Crippen LogP contribution in [0.5, 0.6) is 0 Å². The van der Waals surface area contributed by atoms with E-state index in [1.165, 1.54) is 19.1 Å². The predicted molar refractivity (Wildman–Crippen MR) is 77.4 cm³/mol. The summed E-state index contributed by atoms with van der Waals surface area (Å²) in [5, 5.41) is 0. The fourth-order valence-electron chi connectivity index (χ4n) is 1.84. The van der Waals surface area contributed by atoms with Crippen molar-refractivity contribution in [3.05, 3.63) is 30.1 Å². The highest BCUT2D eigenvalue weighted by Crippen LogP contribution is 2.13. The lowest BCUT2D eigenvalue weighted by Gasteiger charge is -2.26. The van der Waals surface area contributed by atoms with Crippen molar-refractivity contribution in [2.75, 3.05) is 14.2 Å². The number of esters is 1. The van der Waals surface area contributed by atoms with Crippen LogP contribution >= 0.6 is 0 Å². The molecule has 0 saturated heterocycles. The summed E-state index contributed by atoms with van der Waals surface area (Å²) < 4.78 is 9.91. The van der Waals surface area contributed by atoms with E-state index in [4.69, 9.17) is 9.47 Å². The van der Waals surface area contributed by atoms with E-state index in [1.807, 2.05) is 19.9 Å². The molecule has 1 aromatic heterocycles. The van der Waals surface area contributed by atoms with Gasteiger partial charge in [0.1, 0.15) is 12.6 Å². The third-order valence-corrected chi connectivity index (χ3v) is 2.99. The van der Waals surface area contributed by atoms with Crippen LogP contribution in [0.3, 0.4) is 0 Å². The first-order valence-corrected chi connectivity index (χ1v) is 6.83. The molecule has 0 fully saturated rings. The van der Waals surface area contributed by atoms with Gasteiger partial charge in [0.15, 0.2) is 0 Å². The average molecular weight is 294 g/mol. The maximum atomic E-state index is 12.0. The molecular weight excluding hydrogens is 272 g/mol. The molecule has 116 valence electrons. The summed E-state index contributed by atoms with van der Waals surface area (Å²) in [6, 6.07) is 4.72. The van der Waals surface area contributed by atoms with Gasteiger partial charge in [-0.1, -0.05) is 19.9 Å². The lowest BCUT2D eigenvalue weighted by molar-refractivity contribution is -0.146. The molecule has 1 amide bonds. The van der Waals surface area contributed by atoms with E-state index in [0.29, 0.717) is 12.1 Å². The Balaban J connectivity index is 2.63. The van der Waals surface area contributed by atoms with Crippen molar-refractivity contribution in [1.29, 1.82) is 0 Å². The van der Waals surface area contributed by atoms with Crippen molar-refractivity contribution in [3.63, 3.8) is 0 Å². The number of hydrogen-bond donors (Lipinski definition) is 0. The molecule has 1 atom stereocenters. The first kappa shape index (κ1) is 16.9. The van der Waals surface area contributed by atoms with Crippen molar-refractivity contribution in [3.8, 4) is 0 Å². The maximum absolute atomic E-state index is 12.0. The number of amides is 1. The Morgan fingerprint density at radius 3 is 2.57 bits per heavy atom. The van der Waals surface area contributed by atoms with Gasteiger partial charge in [0.25, 0.3) is 0 Å². The molecule has 1 rings (SSSR count). The van der Waals surface area contributed by atoms with Crippen LogP contribution in [0.25, 0.3) is 0 Å². The molecule has 0 N–H and O–H groups in total. The van der Waals surface area contributed by atoms with Crippen molar-refractivity contribution in [2.24, 2.45) is 5.92 Å². The van der Waals surface area contributed by atoms with Crippen molar-refractivity contribution < 1.29 is 19.1 Å². The van der Waals surface area contributed by atoms with Crippen LogP contribution < -0.4 is 0 Å². The van der Waals surface area contributed by atoms with Gasteiger partial charge in [-0.15, -0.1) is 0 Å². The zero-order chi connectivity index (χ0) is 15.8. The summed E-state index contributed by atoms with van der Waals surface area (Å²) in [4.78, 5) is 29.2.